The lowest BCUT2D eigenvalue weighted by Gasteiger charge is -2.12. The Bertz CT molecular complexity index is 745. The van der Waals surface area contributed by atoms with E-state index in [0.29, 0.717) is 23.7 Å². The van der Waals surface area contributed by atoms with Gasteiger partial charge in [-0.1, -0.05) is 15.9 Å². The minimum atomic E-state index is -0.523. The van der Waals surface area contributed by atoms with Crippen LogP contribution in [0.1, 0.15) is 28.4 Å². The highest BCUT2D eigenvalue weighted by Gasteiger charge is 2.11. The largest absolute Gasteiger partial charge is 0.481 e. The van der Waals surface area contributed by atoms with Crippen molar-refractivity contribution in [2.24, 2.45) is 0 Å². The van der Waals surface area contributed by atoms with E-state index in [9.17, 15) is 9.59 Å². The number of esters is 2. The van der Waals surface area contributed by atoms with Gasteiger partial charge in [-0.2, -0.15) is 0 Å². The summed E-state index contributed by atoms with van der Waals surface area (Å²) in [5, 5.41) is 0. The molecule has 0 aliphatic carbocycles. The number of ether oxygens (including phenoxy) is 3. The third-order valence-corrected chi connectivity index (χ3v) is 3.81. The van der Waals surface area contributed by atoms with E-state index in [1.807, 2.05) is 26.0 Å². The molecule has 0 atom stereocenters. The molecule has 0 spiro atoms. The van der Waals surface area contributed by atoms with Gasteiger partial charge in [-0.05, 0) is 68.3 Å². The lowest BCUT2D eigenvalue weighted by atomic mass is 10.1. The van der Waals surface area contributed by atoms with Gasteiger partial charge in [0.1, 0.15) is 11.5 Å². The molecule has 25 heavy (non-hydrogen) atoms. The van der Waals surface area contributed by atoms with Crippen molar-refractivity contribution < 1.29 is 23.8 Å². The van der Waals surface area contributed by atoms with Crippen molar-refractivity contribution >= 4 is 27.9 Å². The van der Waals surface area contributed by atoms with E-state index in [1.165, 1.54) is 0 Å². The van der Waals surface area contributed by atoms with Crippen LogP contribution in [0, 0.1) is 13.8 Å². The number of carbonyl (C=O) groups is 2. The third kappa shape index (κ3) is 5.32. The zero-order valence-electron chi connectivity index (χ0n) is 14.3. The van der Waals surface area contributed by atoms with Crippen LogP contribution >= 0.6 is 15.9 Å². The van der Waals surface area contributed by atoms with Crippen LogP contribution in [-0.2, 0) is 9.53 Å². The molecule has 0 saturated carbocycles. The molecular formula is C19H19BrO5. The van der Waals surface area contributed by atoms with Crippen molar-refractivity contribution in [2.75, 3.05) is 13.2 Å². The summed E-state index contributed by atoms with van der Waals surface area (Å²) in [5.41, 5.74) is 2.26. The Hall–Kier alpha value is -2.34. The van der Waals surface area contributed by atoms with Crippen LogP contribution in [0.3, 0.4) is 0 Å². The van der Waals surface area contributed by atoms with Crippen LogP contribution in [0.4, 0.5) is 0 Å². The van der Waals surface area contributed by atoms with Crippen LogP contribution in [0.2, 0.25) is 0 Å². The first-order chi connectivity index (χ1) is 11.9. The molecule has 0 fully saturated rings. The monoisotopic (exact) mass is 406 g/mol. The molecule has 0 saturated heterocycles. The van der Waals surface area contributed by atoms with Crippen molar-refractivity contribution in [3.63, 3.8) is 0 Å². The number of halogens is 1. The summed E-state index contributed by atoms with van der Waals surface area (Å²) in [6.45, 7) is 5.66. The Morgan fingerprint density at radius 3 is 2.20 bits per heavy atom. The lowest BCUT2D eigenvalue weighted by Crippen LogP contribution is -2.18. The number of rotatable bonds is 6. The van der Waals surface area contributed by atoms with Crippen LogP contribution in [0.15, 0.2) is 40.9 Å². The van der Waals surface area contributed by atoms with Gasteiger partial charge in [0.15, 0.2) is 6.61 Å². The molecule has 0 heterocycles. The van der Waals surface area contributed by atoms with E-state index < -0.39 is 11.9 Å². The lowest BCUT2D eigenvalue weighted by molar-refractivity contribution is -0.136. The molecule has 0 bridgehead atoms. The fraction of sp³-hybridized carbons (Fsp3) is 0.263. The Balaban J connectivity index is 1.93. The SMILES string of the molecule is CCOC(=O)c1ccc(OC(=O)COc2c(C)cc(Br)cc2C)cc1. The molecule has 0 aliphatic heterocycles. The van der Waals surface area contributed by atoms with Gasteiger partial charge in [-0.25, -0.2) is 9.59 Å². The highest BCUT2D eigenvalue weighted by atomic mass is 79.9. The van der Waals surface area contributed by atoms with Gasteiger partial charge >= 0.3 is 11.9 Å². The van der Waals surface area contributed by atoms with Gasteiger partial charge in [0.25, 0.3) is 0 Å². The number of hydrogen-bond acceptors (Lipinski definition) is 5. The molecule has 5 nitrogen and oxygen atoms in total. The second kappa shape index (κ2) is 8.67. The van der Waals surface area contributed by atoms with Gasteiger partial charge in [-0.15, -0.1) is 0 Å². The summed E-state index contributed by atoms with van der Waals surface area (Å²) < 4.78 is 16.6. The summed E-state index contributed by atoms with van der Waals surface area (Å²) in [4.78, 5) is 23.5. The van der Waals surface area contributed by atoms with Gasteiger partial charge in [0, 0.05) is 4.47 Å². The fourth-order valence-electron chi connectivity index (χ4n) is 2.29. The van der Waals surface area contributed by atoms with E-state index in [2.05, 4.69) is 15.9 Å². The quantitative estimate of drug-likeness (QED) is 0.530. The Kier molecular flexibility index (Phi) is 6.58. The van der Waals surface area contributed by atoms with Gasteiger partial charge in [0.2, 0.25) is 0 Å². The van der Waals surface area contributed by atoms with Crippen molar-refractivity contribution in [3.8, 4) is 11.5 Å². The molecular weight excluding hydrogens is 388 g/mol. The number of aryl methyl sites for hydroxylation is 2. The molecule has 0 amide bonds. The van der Waals surface area contributed by atoms with E-state index in [0.717, 1.165) is 15.6 Å². The van der Waals surface area contributed by atoms with Crippen LogP contribution in [-0.4, -0.2) is 25.2 Å². The Labute approximate surface area is 155 Å². The molecule has 0 N–H and O–H groups in total. The molecule has 132 valence electrons. The zero-order valence-corrected chi connectivity index (χ0v) is 15.9. The average molecular weight is 407 g/mol. The minimum Gasteiger partial charge on any atom is -0.481 e. The summed E-state index contributed by atoms with van der Waals surface area (Å²) in [7, 11) is 0. The molecule has 0 unspecified atom stereocenters. The van der Waals surface area contributed by atoms with Crippen molar-refractivity contribution in [1.29, 1.82) is 0 Å². The van der Waals surface area contributed by atoms with Crippen molar-refractivity contribution in [3.05, 3.63) is 57.6 Å². The number of benzene rings is 2. The predicted octanol–water partition coefficient (Wildman–Crippen LogP) is 4.23. The molecule has 2 aromatic carbocycles. The molecule has 6 heteroatoms. The highest BCUT2D eigenvalue weighted by Crippen LogP contribution is 2.27. The summed E-state index contributed by atoms with van der Waals surface area (Å²) in [6.07, 6.45) is 0. The van der Waals surface area contributed by atoms with Gasteiger partial charge in [-0.3, -0.25) is 0 Å². The minimum absolute atomic E-state index is 0.205. The first-order valence-corrected chi connectivity index (χ1v) is 8.57. The summed E-state index contributed by atoms with van der Waals surface area (Å²) in [5.74, 6) is 0.0687. The first-order valence-electron chi connectivity index (χ1n) is 7.78. The van der Waals surface area contributed by atoms with Crippen molar-refractivity contribution in [1.82, 2.24) is 0 Å². The zero-order chi connectivity index (χ0) is 18.4. The van der Waals surface area contributed by atoms with Crippen LogP contribution in [0.25, 0.3) is 0 Å². The molecule has 0 aromatic heterocycles. The topological polar surface area (TPSA) is 61.8 Å². The van der Waals surface area contributed by atoms with E-state index in [1.54, 1.807) is 31.2 Å². The van der Waals surface area contributed by atoms with Crippen LogP contribution < -0.4 is 9.47 Å². The smallest absolute Gasteiger partial charge is 0.349 e. The van der Waals surface area contributed by atoms with Crippen LogP contribution in [0.5, 0.6) is 11.5 Å². The maximum atomic E-state index is 11.9. The van der Waals surface area contributed by atoms with E-state index in [4.69, 9.17) is 14.2 Å². The Morgan fingerprint density at radius 2 is 1.64 bits per heavy atom. The second-order valence-corrected chi connectivity index (χ2v) is 6.29. The summed E-state index contributed by atoms with van der Waals surface area (Å²) in [6, 6.07) is 10.0. The first kappa shape index (κ1) is 19.0. The summed E-state index contributed by atoms with van der Waals surface area (Å²) >= 11 is 3.42. The standard InChI is InChI=1S/C19H19BrO5/c1-4-23-19(22)14-5-7-16(8-6-14)25-17(21)11-24-18-12(2)9-15(20)10-13(18)3/h5-10H,4,11H2,1-3H3. The predicted molar refractivity (Wildman–Crippen MR) is 97.1 cm³/mol. The van der Waals surface area contributed by atoms with Crippen molar-refractivity contribution in [2.45, 2.75) is 20.8 Å². The molecule has 2 aromatic rings. The highest BCUT2D eigenvalue weighted by molar-refractivity contribution is 9.10. The number of hydrogen-bond donors (Lipinski definition) is 0. The molecule has 0 aliphatic rings. The number of carbonyl (C=O) groups excluding carboxylic acids is 2. The van der Waals surface area contributed by atoms with Gasteiger partial charge in [0.05, 0.1) is 12.2 Å². The average Bonchev–Trinajstić information content (AvgIpc) is 2.54. The molecule has 0 radical (unpaired) electrons. The molecule has 2 rings (SSSR count). The van der Waals surface area contributed by atoms with E-state index in [-0.39, 0.29) is 6.61 Å². The van der Waals surface area contributed by atoms with Gasteiger partial charge < -0.3 is 14.2 Å². The Morgan fingerprint density at radius 1 is 1.04 bits per heavy atom. The normalized spacial score (nSPS) is 10.2. The second-order valence-electron chi connectivity index (χ2n) is 5.38. The maximum Gasteiger partial charge on any atom is 0.349 e. The fourth-order valence-corrected chi connectivity index (χ4v) is 2.98. The van der Waals surface area contributed by atoms with E-state index >= 15 is 0 Å². The maximum absolute atomic E-state index is 11.9. The third-order valence-electron chi connectivity index (χ3n) is 3.36.